The van der Waals surface area contributed by atoms with Gasteiger partial charge in [-0.1, -0.05) is 48.5 Å². The molecule has 2 heterocycles. The monoisotopic (exact) mass is 689 g/mol. The van der Waals surface area contributed by atoms with E-state index in [1.807, 2.05) is 68.7 Å². The molecule has 50 heavy (non-hydrogen) atoms. The van der Waals surface area contributed by atoms with Crippen LogP contribution in [0.3, 0.4) is 0 Å². The molecule has 12 heteroatoms. The van der Waals surface area contributed by atoms with E-state index < -0.39 is 36.7 Å². The number of nitrogens with two attached hydrogens (primary N) is 1. The second-order valence-electron chi connectivity index (χ2n) is 13.6. The Balaban J connectivity index is 1.52. The zero-order valence-electron chi connectivity index (χ0n) is 29.4. The van der Waals surface area contributed by atoms with Gasteiger partial charge in [0, 0.05) is 47.4 Å². The van der Waals surface area contributed by atoms with Gasteiger partial charge >= 0.3 is 0 Å². The van der Waals surface area contributed by atoms with E-state index in [2.05, 4.69) is 27.2 Å². The van der Waals surface area contributed by atoms with Crippen molar-refractivity contribution in [2.24, 2.45) is 11.7 Å². The summed E-state index contributed by atoms with van der Waals surface area (Å²) in [7, 11) is 5.53. The van der Waals surface area contributed by atoms with Crippen molar-refractivity contribution in [3.63, 3.8) is 0 Å². The fourth-order valence-electron chi connectivity index (χ4n) is 7.45. The number of hydrogen-bond donors (Lipinski definition) is 5. The summed E-state index contributed by atoms with van der Waals surface area (Å²) in [5.41, 5.74) is 10.4. The third-order valence-corrected chi connectivity index (χ3v) is 9.69. The van der Waals surface area contributed by atoms with Crippen LogP contribution >= 0.6 is 0 Å². The molecule has 0 saturated carbocycles. The second kappa shape index (κ2) is 16.8. The van der Waals surface area contributed by atoms with Crippen LogP contribution in [0.25, 0.3) is 11.1 Å². The first-order valence-corrected chi connectivity index (χ1v) is 17.2. The van der Waals surface area contributed by atoms with E-state index in [4.69, 9.17) is 15.3 Å². The molecule has 12 nitrogen and oxygen atoms in total. The molecule has 6 atom stereocenters. The minimum Gasteiger partial charge on any atom is -0.496 e. The van der Waals surface area contributed by atoms with Crippen LogP contribution in [0.1, 0.15) is 41.3 Å². The molecule has 3 aromatic carbocycles. The molecule has 6 N–H and O–H groups in total. The van der Waals surface area contributed by atoms with E-state index in [0.29, 0.717) is 29.8 Å². The molecule has 0 spiro atoms. The molecule has 0 bridgehead atoms. The minimum absolute atomic E-state index is 0.00565. The average molecular weight is 690 g/mol. The maximum atomic E-state index is 14.1. The number of ether oxygens (including phenoxy) is 1. The number of carbonyl (C=O) groups is 2. The van der Waals surface area contributed by atoms with Gasteiger partial charge in [-0.25, -0.2) is 0 Å². The first-order valence-electron chi connectivity index (χ1n) is 17.2. The minimum atomic E-state index is -0.976. The zero-order valence-corrected chi connectivity index (χ0v) is 29.4. The Morgan fingerprint density at radius 2 is 1.84 bits per heavy atom. The second-order valence-corrected chi connectivity index (χ2v) is 13.6. The van der Waals surface area contributed by atoms with Crippen molar-refractivity contribution >= 4 is 17.5 Å². The summed E-state index contributed by atoms with van der Waals surface area (Å²) in [6, 6.07) is 20.3. The summed E-state index contributed by atoms with van der Waals surface area (Å²) in [4.78, 5) is 36.8. The standard InChI is InChI=1S/C38H51N5O7/c1-24(46)34-33(23-45)50-43(35(34)37(39)47)20-26-12-8-14-32(36(26)49-4)27-17-28(19-31(18-27)42-15-9-13-30(42)22-44)38(48)40-29(21-41(2)3)16-25-10-6-5-7-11-25/h5-8,10-12,14,17-19,24,29-30,33-35,44-46H,9,13,15-16,20-23H2,1-4H3,(H2,39,47)(H,40,48)/t24?,29-,30?,33-,34+,35-/m0/s1. The van der Waals surface area contributed by atoms with Gasteiger partial charge in [0.15, 0.2) is 0 Å². The Morgan fingerprint density at radius 1 is 1.08 bits per heavy atom. The van der Waals surface area contributed by atoms with E-state index in [0.717, 1.165) is 41.8 Å². The highest BCUT2D eigenvalue weighted by Gasteiger charge is 2.48. The maximum absolute atomic E-state index is 14.1. The lowest BCUT2D eigenvalue weighted by atomic mass is 9.89. The summed E-state index contributed by atoms with van der Waals surface area (Å²) < 4.78 is 5.99. The molecule has 2 saturated heterocycles. The van der Waals surface area contributed by atoms with Gasteiger partial charge in [-0.05, 0) is 69.6 Å². The van der Waals surface area contributed by atoms with E-state index in [9.17, 15) is 24.9 Å². The molecule has 270 valence electrons. The lowest BCUT2D eigenvalue weighted by molar-refractivity contribution is -0.181. The van der Waals surface area contributed by atoms with Crippen LogP contribution < -0.4 is 20.7 Å². The smallest absolute Gasteiger partial charge is 0.251 e. The molecular formula is C38H51N5O7. The van der Waals surface area contributed by atoms with Gasteiger partial charge in [0.1, 0.15) is 17.9 Å². The highest BCUT2D eigenvalue weighted by molar-refractivity contribution is 5.97. The van der Waals surface area contributed by atoms with Crippen molar-refractivity contribution in [1.82, 2.24) is 15.3 Å². The maximum Gasteiger partial charge on any atom is 0.251 e. The topological polar surface area (TPSA) is 161 Å². The molecule has 2 unspecified atom stereocenters. The van der Waals surface area contributed by atoms with E-state index in [1.54, 1.807) is 14.0 Å². The third kappa shape index (κ3) is 8.45. The Hall–Kier alpha value is -4.04. The average Bonchev–Trinajstić information content (AvgIpc) is 3.73. The largest absolute Gasteiger partial charge is 0.496 e. The Labute approximate surface area is 294 Å². The molecule has 2 fully saturated rings. The molecule has 5 rings (SSSR count). The van der Waals surface area contributed by atoms with Crippen LogP contribution in [0, 0.1) is 5.92 Å². The number of hydroxylamine groups is 2. The number of aliphatic hydroxyl groups is 3. The number of methoxy groups -OCH3 is 1. The van der Waals surface area contributed by atoms with Crippen LogP contribution in [-0.4, -0.2) is 115 Å². The van der Waals surface area contributed by atoms with Gasteiger partial charge in [0.2, 0.25) is 5.91 Å². The van der Waals surface area contributed by atoms with Crippen molar-refractivity contribution < 1.29 is 34.5 Å². The molecule has 2 aliphatic rings. The Morgan fingerprint density at radius 3 is 2.48 bits per heavy atom. The SMILES string of the molecule is COc1c(CN2O[C@@H](CO)[C@@H](C(C)O)[C@H]2C(N)=O)cccc1-c1cc(C(=O)N[C@@H](Cc2ccccc2)CN(C)C)cc(N2CCCC2CO)c1. The first kappa shape index (κ1) is 37.2. The number of primary amides is 1. The van der Waals surface area contributed by atoms with Crippen LogP contribution in [0.2, 0.25) is 0 Å². The Bertz CT molecular complexity index is 1600. The van der Waals surface area contributed by atoms with Crippen molar-refractivity contribution in [2.45, 2.75) is 63.1 Å². The summed E-state index contributed by atoms with van der Waals surface area (Å²) in [5, 5.41) is 35.3. The molecule has 0 aromatic heterocycles. The lowest BCUT2D eigenvalue weighted by Gasteiger charge is -2.28. The lowest BCUT2D eigenvalue weighted by Crippen LogP contribution is -2.47. The van der Waals surface area contributed by atoms with Gasteiger partial charge in [-0.3, -0.25) is 14.4 Å². The van der Waals surface area contributed by atoms with Crippen molar-refractivity contribution in [3.8, 4) is 16.9 Å². The number of nitrogens with zero attached hydrogens (tertiary/aromatic N) is 3. The number of anilines is 1. The number of benzene rings is 3. The number of amides is 2. The number of rotatable bonds is 15. The normalized spacial score (nSPS) is 22.1. The highest BCUT2D eigenvalue weighted by Crippen LogP contribution is 2.39. The van der Waals surface area contributed by atoms with Crippen LogP contribution in [-0.2, 0) is 22.6 Å². The fraction of sp³-hybridized carbons (Fsp3) is 0.474. The number of nitrogens with one attached hydrogen (secondary N) is 1. The predicted molar refractivity (Wildman–Crippen MR) is 191 cm³/mol. The molecule has 2 amide bonds. The number of aliphatic hydroxyl groups excluding tert-OH is 3. The summed E-state index contributed by atoms with van der Waals surface area (Å²) in [6.07, 6.45) is 0.689. The van der Waals surface area contributed by atoms with E-state index in [1.165, 1.54) is 5.06 Å². The van der Waals surface area contributed by atoms with E-state index in [-0.39, 0.29) is 31.1 Å². The van der Waals surface area contributed by atoms with Crippen molar-refractivity contribution in [1.29, 1.82) is 0 Å². The Kier molecular flexibility index (Phi) is 12.5. The first-order chi connectivity index (χ1) is 24.0. The number of hydrogen-bond acceptors (Lipinski definition) is 10. The zero-order chi connectivity index (χ0) is 35.9. The van der Waals surface area contributed by atoms with Crippen LogP contribution in [0.15, 0.2) is 66.7 Å². The van der Waals surface area contributed by atoms with Gasteiger partial charge in [0.25, 0.3) is 5.91 Å². The van der Waals surface area contributed by atoms with Crippen molar-refractivity contribution in [3.05, 3.63) is 83.4 Å². The van der Waals surface area contributed by atoms with Crippen LogP contribution in [0.5, 0.6) is 5.75 Å². The molecule has 0 aliphatic carbocycles. The van der Waals surface area contributed by atoms with Gasteiger partial charge < -0.3 is 40.9 Å². The summed E-state index contributed by atoms with van der Waals surface area (Å²) >= 11 is 0. The fourth-order valence-corrected chi connectivity index (χ4v) is 7.45. The number of likely N-dealkylation sites (N-methyl/N-ethyl adjacent to an activating group) is 1. The quantitative estimate of drug-likeness (QED) is 0.160. The van der Waals surface area contributed by atoms with E-state index >= 15 is 0 Å². The van der Waals surface area contributed by atoms with Gasteiger partial charge in [-0.15, -0.1) is 0 Å². The predicted octanol–water partition coefficient (Wildman–Crippen LogP) is 2.19. The molecule has 2 aliphatic heterocycles. The van der Waals surface area contributed by atoms with Gasteiger partial charge in [0.05, 0.1) is 39.0 Å². The summed E-state index contributed by atoms with van der Waals surface area (Å²) in [6.45, 7) is 2.65. The van der Waals surface area contributed by atoms with Crippen LogP contribution in [0.4, 0.5) is 5.69 Å². The molecule has 3 aromatic rings. The third-order valence-electron chi connectivity index (χ3n) is 9.69. The molecular weight excluding hydrogens is 638 g/mol. The molecule has 0 radical (unpaired) electrons. The number of para-hydroxylation sites is 1. The van der Waals surface area contributed by atoms with Gasteiger partial charge in [-0.2, -0.15) is 5.06 Å². The summed E-state index contributed by atoms with van der Waals surface area (Å²) in [5.74, 6) is -1.09. The highest BCUT2D eigenvalue weighted by atomic mass is 16.7. The number of carbonyl (C=O) groups excluding carboxylic acids is 2. The van der Waals surface area contributed by atoms with Crippen molar-refractivity contribution in [2.75, 3.05) is 52.4 Å².